The number of anilines is 1. The van der Waals surface area contributed by atoms with Crippen molar-refractivity contribution in [3.05, 3.63) is 34.8 Å². The Morgan fingerprint density at radius 3 is 2.56 bits per heavy atom. The second kappa shape index (κ2) is 8.92. The van der Waals surface area contributed by atoms with Gasteiger partial charge in [0.05, 0.1) is 38.3 Å². The minimum Gasteiger partial charge on any atom is -0.356 e. The number of nitrogens with one attached hydrogen (secondary N) is 2. The molecule has 2 heterocycles. The van der Waals surface area contributed by atoms with Crippen LogP contribution >= 0.6 is 22.9 Å². The van der Waals surface area contributed by atoms with Crippen LogP contribution in [0.2, 0.25) is 5.02 Å². The van der Waals surface area contributed by atoms with Crippen LogP contribution in [0.4, 0.5) is 5.69 Å². The lowest BCUT2D eigenvalue weighted by Gasteiger charge is -2.26. The van der Waals surface area contributed by atoms with Crippen molar-refractivity contribution < 1.29 is 9.59 Å². The summed E-state index contributed by atoms with van der Waals surface area (Å²) in [7, 11) is 0. The Morgan fingerprint density at radius 2 is 1.82 bits per heavy atom. The molecular weight excluding hydrogens is 468 g/mol. The first-order valence-corrected chi connectivity index (χ1v) is 13.8. The van der Waals surface area contributed by atoms with Crippen molar-refractivity contribution in [3.8, 4) is 0 Å². The predicted octanol–water partition coefficient (Wildman–Crippen LogP) is 4.71. The molecule has 1 aromatic carbocycles. The zero-order chi connectivity index (χ0) is 23.3. The number of carbonyl (C=O) groups excluding carboxylic acids is 2. The standard InChI is InChI=1S/C26H31ClN4O2S/c27-18-13-21-20(29-15-34-21)14-19(18)30-25(33)23-17-6-5-16(26(17)7-8-26)22(23)24(32)28-9-1-2-10-31-11-3-4-12-31/h5-6,13-17,22-23H,1-4,7-12H2,(H,28,32)(H,30,33)/t16-,17+,22-,23-/m1/s1. The summed E-state index contributed by atoms with van der Waals surface area (Å²) < 4.78 is 0.991. The number of hydrogen-bond donors (Lipinski definition) is 2. The number of nitrogens with zero attached hydrogens (tertiary/aromatic N) is 2. The first-order valence-electron chi connectivity index (χ1n) is 12.6. The van der Waals surface area contributed by atoms with E-state index in [0.29, 0.717) is 17.3 Å². The molecule has 3 aliphatic carbocycles. The summed E-state index contributed by atoms with van der Waals surface area (Å²) in [6.07, 6.45) is 11.3. The molecule has 1 aliphatic heterocycles. The molecule has 0 radical (unpaired) electrons. The van der Waals surface area contributed by atoms with Crippen LogP contribution < -0.4 is 10.6 Å². The summed E-state index contributed by atoms with van der Waals surface area (Å²) in [4.78, 5) is 33.8. The van der Waals surface area contributed by atoms with Crippen molar-refractivity contribution >= 4 is 50.7 Å². The van der Waals surface area contributed by atoms with E-state index >= 15 is 0 Å². The maximum Gasteiger partial charge on any atom is 0.228 e. The van der Waals surface area contributed by atoms with Gasteiger partial charge >= 0.3 is 0 Å². The van der Waals surface area contributed by atoms with Gasteiger partial charge in [-0.25, -0.2) is 4.98 Å². The number of likely N-dealkylation sites (tertiary alicyclic amines) is 1. The highest BCUT2D eigenvalue weighted by Gasteiger charge is 2.69. The molecule has 4 aliphatic rings. The Hall–Kier alpha value is -1.96. The van der Waals surface area contributed by atoms with Crippen molar-refractivity contribution in [2.45, 2.75) is 38.5 Å². The van der Waals surface area contributed by atoms with Gasteiger partial charge in [-0.3, -0.25) is 9.59 Å². The number of thiazole rings is 1. The number of fused-ring (bicyclic) bond motifs is 1. The third-order valence-corrected chi connectivity index (χ3v) is 9.63. The molecule has 2 N–H and O–H groups in total. The van der Waals surface area contributed by atoms with E-state index < -0.39 is 0 Å². The largest absolute Gasteiger partial charge is 0.356 e. The molecule has 180 valence electrons. The lowest BCUT2D eigenvalue weighted by atomic mass is 9.81. The van der Waals surface area contributed by atoms with E-state index in [1.807, 2.05) is 12.1 Å². The minimum atomic E-state index is -0.357. The SMILES string of the molecule is O=C(NCCCCN1CCCC1)[C@H]1[C@H](C(=O)Nc2cc3ncsc3cc2Cl)[C@@H]2C=C[C@H]1C21CC1. The number of amides is 2. The molecule has 2 bridgehead atoms. The second-order valence-corrected chi connectivity index (χ2v) is 11.7. The van der Waals surface area contributed by atoms with Gasteiger partial charge in [0.15, 0.2) is 0 Å². The predicted molar refractivity (Wildman–Crippen MR) is 136 cm³/mol. The van der Waals surface area contributed by atoms with Gasteiger partial charge in [-0.1, -0.05) is 23.8 Å². The molecule has 0 unspecified atom stereocenters. The number of rotatable bonds is 8. The monoisotopic (exact) mass is 498 g/mol. The fraction of sp³-hybridized carbons (Fsp3) is 0.577. The number of unbranched alkanes of at least 4 members (excludes halogenated alkanes) is 1. The summed E-state index contributed by atoms with van der Waals surface area (Å²) in [5.74, 6) is -0.444. The van der Waals surface area contributed by atoms with Crippen LogP contribution in [0.15, 0.2) is 29.8 Å². The molecule has 1 aromatic heterocycles. The number of benzene rings is 1. The molecule has 4 atom stereocenters. The first-order chi connectivity index (χ1) is 16.6. The topological polar surface area (TPSA) is 74.3 Å². The maximum atomic E-state index is 13.6. The minimum absolute atomic E-state index is 0.0329. The summed E-state index contributed by atoms with van der Waals surface area (Å²) >= 11 is 7.99. The van der Waals surface area contributed by atoms with Gasteiger partial charge < -0.3 is 15.5 Å². The van der Waals surface area contributed by atoms with Crippen LogP contribution in [0.1, 0.15) is 38.5 Å². The Kier molecular flexibility index (Phi) is 5.90. The van der Waals surface area contributed by atoms with Crippen LogP contribution in [0.5, 0.6) is 0 Å². The fourth-order valence-corrected chi connectivity index (χ4v) is 7.67. The third-order valence-electron chi connectivity index (χ3n) is 8.52. The molecule has 2 aromatic rings. The second-order valence-electron chi connectivity index (χ2n) is 10.4. The Labute approximate surface area is 209 Å². The van der Waals surface area contributed by atoms with E-state index in [0.717, 1.165) is 42.4 Å². The molecule has 2 saturated carbocycles. The number of carbonyl (C=O) groups is 2. The Morgan fingerprint density at radius 1 is 1.09 bits per heavy atom. The molecule has 2 amide bonds. The zero-order valence-corrected chi connectivity index (χ0v) is 20.8. The van der Waals surface area contributed by atoms with E-state index in [4.69, 9.17) is 11.6 Å². The summed E-state index contributed by atoms with van der Waals surface area (Å²) in [6, 6.07) is 3.68. The van der Waals surface area contributed by atoms with Crippen molar-refractivity contribution in [3.63, 3.8) is 0 Å². The normalized spacial score (nSPS) is 28.7. The molecule has 8 heteroatoms. The van der Waals surface area contributed by atoms with Crippen LogP contribution in [-0.4, -0.2) is 47.9 Å². The molecule has 6 nitrogen and oxygen atoms in total. The van der Waals surface area contributed by atoms with E-state index in [9.17, 15) is 9.59 Å². The van der Waals surface area contributed by atoms with Crippen LogP contribution in [0.3, 0.4) is 0 Å². The van der Waals surface area contributed by atoms with E-state index in [1.54, 1.807) is 5.51 Å². The van der Waals surface area contributed by atoms with Gasteiger partial charge in [0, 0.05) is 6.54 Å². The molecule has 1 spiro atoms. The number of allylic oxidation sites excluding steroid dienone is 2. The van der Waals surface area contributed by atoms with Gasteiger partial charge in [-0.15, -0.1) is 11.3 Å². The van der Waals surface area contributed by atoms with Crippen molar-refractivity contribution in [2.75, 3.05) is 31.5 Å². The van der Waals surface area contributed by atoms with Crippen molar-refractivity contribution in [1.29, 1.82) is 0 Å². The summed E-state index contributed by atoms with van der Waals surface area (Å²) in [5.41, 5.74) is 3.28. The zero-order valence-electron chi connectivity index (χ0n) is 19.3. The summed E-state index contributed by atoms with van der Waals surface area (Å²) in [6.45, 7) is 4.22. The molecular formula is C26H31ClN4O2S. The molecule has 3 fully saturated rings. The van der Waals surface area contributed by atoms with Crippen LogP contribution in [-0.2, 0) is 9.59 Å². The van der Waals surface area contributed by atoms with Crippen molar-refractivity contribution in [1.82, 2.24) is 15.2 Å². The smallest absolute Gasteiger partial charge is 0.228 e. The highest BCUT2D eigenvalue weighted by molar-refractivity contribution is 7.16. The average Bonchev–Trinajstić information content (AvgIpc) is 3.15. The average molecular weight is 499 g/mol. The Balaban J connectivity index is 1.13. The van der Waals surface area contributed by atoms with Gasteiger partial charge in [-0.2, -0.15) is 0 Å². The molecule has 34 heavy (non-hydrogen) atoms. The first kappa shape index (κ1) is 22.5. The quantitative estimate of drug-likeness (QED) is 0.408. The Bertz CT molecular complexity index is 1140. The third kappa shape index (κ3) is 3.86. The maximum absolute atomic E-state index is 13.6. The number of aromatic nitrogens is 1. The number of hydrogen-bond acceptors (Lipinski definition) is 5. The highest BCUT2D eigenvalue weighted by atomic mass is 35.5. The highest BCUT2D eigenvalue weighted by Crippen LogP contribution is 2.72. The van der Waals surface area contributed by atoms with Gasteiger partial charge in [0.25, 0.3) is 0 Å². The van der Waals surface area contributed by atoms with E-state index in [-0.39, 0.29) is 40.9 Å². The van der Waals surface area contributed by atoms with Crippen LogP contribution in [0, 0.1) is 29.1 Å². The van der Waals surface area contributed by atoms with Gasteiger partial charge in [-0.05, 0) is 87.5 Å². The van der Waals surface area contributed by atoms with E-state index in [1.165, 1.54) is 37.3 Å². The van der Waals surface area contributed by atoms with Gasteiger partial charge in [0.1, 0.15) is 0 Å². The molecule has 6 rings (SSSR count). The fourth-order valence-electron chi connectivity index (χ4n) is 6.70. The van der Waals surface area contributed by atoms with Crippen molar-refractivity contribution in [2.24, 2.45) is 29.1 Å². The van der Waals surface area contributed by atoms with Gasteiger partial charge in [0.2, 0.25) is 11.8 Å². The lowest BCUT2D eigenvalue weighted by Crippen LogP contribution is -2.42. The molecule has 1 saturated heterocycles. The van der Waals surface area contributed by atoms with E-state index in [2.05, 4.69) is 32.7 Å². The van der Waals surface area contributed by atoms with Crippen LogP contribution in [0.25, 0.3) is 10.2 Å². The number of halogens is 1. The lowest BCUT2D eigenvalue weighted by molar-refractivity contribution is -0.132. The summed E-state index contributed by atoms with van der Waals surface area (Å²) in [5, 5.41) is 6.73.